The van der Waals surface area contributed by atoms with Crippen LogP contribution in [0.15, 0.2) is 255 Å². The molecule has 0 bridgehead atoms. The molecule has 4 aromatic carbocycles. The van der Waals surface area contributed by atoms with Crippen molar-refractivity contribution < 1.29 is 0 Å². The first-order chi connectivity index (χ1) is 30.6. The molecule has 4 atom stereocenters. The molecule has 4 aromatic rings. The average Bonchev–Trinajstić information content (AvgIpc) is 3.62. The second-order valence-electron chi connectivity index (χ2n) is 15.4. The number of hydrogen-bond donors (Lipinski definition) is 1. The fourth-order valence-electron chi connectivity index (χ4n) is 8.89. The Hall–Kier alpha value is -7.22. The fourth-order valence-corrected chi connectivity index (χ4v) is 9.88. The summed E-state index contributed by atoms with van der Waals surface area (Å²) >= 11 is 1.85. The molecule has 0 radical (unpaired) electrons. The molecule has 6 nitrogen and oxygen atoms in total. The van der Waals surface area contributed by atoms with Gasteiger partial charge in [0.15, 0.2) is 6.17 Å². The molecule has 7 heteroatoms. The Morgan fingerprint density at radius 2 is 1.52 bits per heavy atom. The van der Waals surface area contributed by atoms with Gasteiger partial charge in [-0.2, -0.15) is 0 Å². The van der Waals surface area contributed by atoms with Crippen LogP contribution in [0.5, 0.6) is 0 Å². The molecular formula is C55H46N6S. The third-order valence-corrected chi connectivity index (χ3v) is 12.8. The van der Waals surface area contributed by atoms with Crippen LogP contribution in [-0.2, 0) is 5.41 Å². The summed E-state index contributed by atoms with van der Waals surface area (Å²) in [4.78, 5) is 24.0. The summed E-state index contributed by atoms with van der Waals surface area (Å²) in [5.74, 6) is 1.59. The topological polar surface area (TPSA) is 73.8 Å². The van der Waals surface area contributed by atoms with Crippen LogP contribution in [0.4, 0.5) is 0 Å². The first kappa shape index (κ1) is 40.2. The van der Waals surface area contributed by atoms with Crippen molar-refractivity contribution >= 4 is 41.6 Å². The number of nitrogens with one attached hydrogen (secondary N) is 1. The van der Waals surface area contributed by atoms with Crippen molar-refractivity contribution in [3.63, 3.8) is 0 Å². The largest absolute Gasteiger partial charge is 0.324 e. The molecule has 4 unspecified atom stereocenters. The molecule has 3 heterocycles. The number of aliphatic imine (C=N–C) groups is 5. The van der Waals surface area contributed by atoms with E-state index in [0.29, 0.717) is 6.42 Å². The van der Waals surface area contributed by atoms with Crippen molar-refractivity contribution in [1.29, 1.82) is 0 Å². The van der Waals surface area contributed by atoms with Crippen molar-refractivity contribution in [1.82, 2.24) is 5.32 Å². The van der Waals surface area contributed by atoms with E-state index >= 15 is 0 Å². The van der Waals surface area contributed by atoms with Crippen LogP contribution in [0.25, 0.3) is 11.1 Å². The smallest absolute Gasteiger partial charge is 0.169 e. The quantitative estimate of drug-likeness (QED) is 0.162. The maximum atomic E-state index is 5.31. The highest BCUT2D eigenvalue weighted by atomic mass is 32.2. The van der Waals surface area contributed by atoms with E-state index in [1.54, 1.807) is 24.7 Å². The molecule has 5 aliphatic rings. The molecule has 1 N–H and O–H groups in total. The molecule has 9 rings (SSSR count). The molecule has 0 fully saturated rings. The van der Waals surface area contributed by atoms with Gasteiger partial charge in [0.2, 0.25) is 0 Å². The standard InChI is InChI=1S/C55H46N6S/c1-4-31-57-32-29-44-34-43(36-50(58-44)38(3)37-56-5-2)39-21-16-33-62-51-27-26-42(54-60-52(40-17-8-6-9-18-40)59-53(61-54)41-19-10-7-11-20-41)35-49(51)55(30-28-39)47-24-14-12-22-45(47)46-23-13-15-25-48(46)55/h4-35,37,43,49,51-52H,1-3,36H2,(H,59,60,61)/b30-28?,32-29+,33-16+,39-21?,56-37?,57-31?. The van der Waals surface area contributed by atoms with E-state index in [1.165, 1.54) is 28.5 Å². The Labute approximate surface area is 368 Å². The van der Waals surface area contributed by atoms with Gasteiger partial charge in [-0.05, 0) is 44.9 Å². The third-order valence-electron chi connectivity index (χ3n) is 11.7. The van der Waals surface area contributed by atoms with Gasteiger partial charge in [0, 0.05) is 70.5 Å². The van der Waals surface area contributed by atoms with Crippen LogP contribution >= 0.6 is 11.8 Å². The van der Waals surface area contributed by atoms with Crippen molar-refractivity contribution in [2.45, 2.75) is 23.3 Å². The second-order valence-corrected chi connectivity index (χ2v) is 16.5. The van der Waals surface area contributed by atoms with Crippen LogP contribution < -0.4 is 5.32 Å². The number of rotatable bonds is 10. The van der Waals surface area contributed by atoms with Gasteiger partial charge < -0.3 is 5.32 Å². The minimum atomic E-state index is -0.535. The summed E-state index contributed by atoms with van der Waals surface area (Å²) in [7, 11) is 0. The first-order valence-corrected chi connectivity index (χ1v) is 21.8. The van der Waals surface area contributed by atoms with Gasteiger partial charge in [-0.25, -0.2) is 9.98 Å². The molecular weight excluding hydrogens is 777 g/mol. The first-order valence-electron chi connectivity index (χ1n) is 20.8. The van der Waals surface area contributed by atoms with Gasteiger partial charge in [0.25, 0.3) is 0 Å². The Kier molecular flexibility index (Phi) is 11.8. The molecule has 0 saturated heterocycles. The summed E-state index contributed by atoms with van der Waals surface area (Å²) in [6, 6.07) is 38.5. The highest BCUT2D eigenvalue weighted by Crippen LogP contribution is 2.57. The number of nitrogens with zero attached hydrogens (tertiary/aromatic N) is 5. The number of fused-ring (bicyclic) bond motifs is 7. The Morgan fingerprint density at radius 1 is 0.806 bits per heavy atom. The van der Waals surface area contributed by atoms with E-state index in [-0.39, 0.29) is 17.1 Å². The summed E-state index contributed by atoms with van der Waals surface area (Å²) < 4.78 is 0. The highest BCUT2D eigenvalue weighted by molar-refractivity contribution is 8.02. The zero-order valence-corrected chi connectivity index (χ0v) is 35.2. The highest BCUT2D eigenvalue weighted by Gasteiger charge is 2.49. The zero-order valence-electron chi connectivity index (χ0n) is 34.3. The van der Waals surface area contributed by atoms with Crippen LogP contribution in [0.2, 0.25) is 0 Å². The lowest BCUT2D eigenvalue weighted by atomic mass is 9.65. The van der Waals surface area contributed by atoms with Gasteiger partial charge in [-0.15, -0.1) is 11.8 Å². The predicted octanol–water partition coefficient (Wildman–Crippen LogP) is 12.2. The number of amidine groups is 2. The van der Waals surface area contributed by atoms with Crippen LogP contribution in [0.3, 0.4) is 0 Å². The molecule has 2 aliphatic carbocycles. The Morgan fingerprint density at radius 3 is 2.26 bits per heavy atom. The van der Waals surface area contributed by atoms with Gasteiger partial charge in [-0.1, -0.05) is 184 Å². The molecule has 62 heavy (non-hydrogen) atoms. The van der Waals surface area contributed by atoms with Crippen molar-refractivity contribution in [2.75, 3.05) is 0 Å². The summed E-state index contributed by atoms with van der Waals surface area (Å²) in [5, 5.41) is 6.03. The monoisotopic (exact) mass is 822 g/mol. The van der Waals surface area contributed by atoms with Crippen molar-refractivity contribution in [3.05, 3.63) is 252 Å². The van der Waals surface area contributed by atoms with Crippen molar-refractivity contribution in [2.24, 2.45) is 36.8 Å². The van der Waals surface area contributed by atoms with Gasteiger partial charge in [0.05, 0.1) is 11.4 Å². The van der Waals surface area contributed by atoms with E-state index in [9.17, 15) is 0 Å². The molecule has 0 amide bonds. The zero-order chi connectivity index (χ0) is 42.3. The Balaban J connectivity index is 1.18. The number of allylic oxidation sites excluding steroid dienone is 10. The summed E-state index contributed by atoms with van der Waals surface area (Å²) in [6.07, 6.45) is 29.0. The molecule has 3 aliphatic heterocycles. The summed E-state index contributed by atoms with van der Waals surface area (Å²) in [6.45, 7) is 11.8. The van der Waals surface area contributed by atoms with E-state index in [1.807, 2.05) is 54.2 Å². The van der Waals surface area contributed by atoms with Crippen LogP contribution in [-0.4, -0.2) is 35.1 Å². The van der Waals surface area contributed by atoms with Crippen LogP contribution in [0.1, 0.15) is 34.8 Å². The SMILES string of the molecule is C=CC=N/C=C/C1=CC(C2=C/C=C/SC3C=CC(C4=NC(c5ccccc5)N=C(c5ccccc5)N4)=CC3C3(C=C2)c2ccccc2-c2ccccc23)CC(C(=C)C=NC=C)=N1. The number of hydrogen-bond acceptors (Lipinski definition) is 7. The lowest BCUT2D eigenvalue weighted by molar-refractivity contribution is 0.480. The third kappa shape index (κ3) is 8.03. The maximum absolute atomic E-state index is 5.31. The number of benzene rings is 4. The lowest BCUT2D eigenvalue weighted by Gasteiger charge is -2.41. The van der Waals surface area contributed by atoms with E-state index < -0.39 is 11.6 Å². The van der Waals surface area contributed by atoms with Gasteiger partial charge in [0.1, 0.15) is 11.7 Å². The Bertz CT molecular complexity index is 2740. The fraction of sp³-hybridized carbons (Fsp3) is 0.109. The van der Waals surface area contributed by atoms with Crippen molar-refractivity contribution in [3.8, 4) is 11.1 Å². The predicted molar refractivity (Wildman–Crippen MR) is 263 cm³/mol. The molecule has 0 saturated carbocycles. The van der Waals surface area contributed by atoms with E-state index in [2.05, 4.69) is 162 Å². The minimum Gasteiger partial charge on any atom is -0.324 e. The molecule has 1 spiro atoms. The van der Waals surface area contributed by atoms with Gasteiger partial charge in [-0.3, -0.25) is 15.0 Å². The van der Waals surface area contributed by atoms with Gasteiger partial charge >= 0.3 is 0 Å². The van der Waals surface area contributed by atoms with E-state index in [4.69, 9.17) is 15.0 Å². The minimum absolute atomic E-state index is 0.00626. The molecule has 0 aromatic heterocycles. The normalized spacial score (nSPS) is 22.9. The lowest BCUT2D eigenvalue weighted by Crippen LogP contribution is -2.41. The maximum Gasteiger partial charge on any atom is 0.169 e. The molecule has 302 valence electrons. The summed E-state index contributed by atoms with van der Waals surface area (Å²) in [5.41, 5.74) is 11.2. The average molecular weight is 823 g/mol. The van der Waals surface area contributed by atoms with E-state index in [0.717, 1.165) is 50.9 Å². The van der Waals surface area contributed by atoms with Crippen LogP contribution in [0, 0.1) is 11.8 Å². The second kappa shape index (κ2) is 18.2. The number of thioether (sulfide) groups is 1.